The SMILES string of the molecule is C[C@@H](O[Si](C)(C)C(C)(C)C)[C@@H]1C(=O)N(S(=O)(=O)c2ccccc2)[C@H]1O[Si](C)(C)C. The van der Waals surface area contributed by atoms with Crippen LogP contribution in [-0.4, -0.2) is 47.6 Å². The largest absolute Gasteiger partial charge is 0.413 e. The number of carbonyl (C=O) groups excluding carboxylic acids is 1. The number of nitrogens with zero attached hydrogens (tertiary/aromatic N) is 1. The summed E-state index contributed by atoms with van der Waals surface area (Å²) in [6, 6.07) is 8.03. The average molecular weight is 458 g/mol. The Balaban J connectivity index is 2.36. The Bertz CT molecular complexity index is 844. The minimum absolute atomic E-state index is 0.0149. The maximum atomic E-state index is 13.1. The second kappa shape index (κ2) is 7.92. The van der Waals surface area contributed by atoms with E-state index >= 15 is 0 Å². The molecule has 6 nitrogen and oxygen atoms in total. The summed E-state index contributed by atoms with van der Waals surface area (Å²) in [5.74, 6) is -1.09. The van der Waals surface area contributed by atoms with E-state index in [-0.39, 0.29) is 9.93 Å². The van der Waals surface area contributed by atoms with Crippen LogP contribution in [0, 0.1) is 5.92 Å². The van der Waals surface area contributed by atoms with Crippen molar-refractivity contribution in [2.24, 2.45) is 5.92 Å². The topological polar surface area (TPSA) is 72.9 Å². The van der Waals surface area contributed by atoms with Crippen LogP contribution >= 0.6 is 0 Å². The van der Waals surface area contributed by atoms with Crippen molar-refractivity contribution < 1.29 is 22.1 Å². The maximum absolute atomic E-state index is 13.1. The van der Waals surface area contributed by atoms with Crippen molar-refractivity contribution >= 4 is 32.6 Å². The standard InChI is InChI=1S/C20H35NO5SSi2/c1-15(25-29(8,9)20(2,3)4)17-18(22)21(19(17)26-28(5,6)7)27(23,24)16-13-11-10-12-14-16/h10-15,17,19H,1-9H3/t15-,17-,19+/m1/s1. The van der Waals surface area contributed by atoms with E-state index in [1.54, 1.807) is 18.2 Å². The molecule has 0 spiro atoms. The quantitative estimate of drug-likeness (QED) is 0.447. The molecule has 0 aromatic heterocycles. The fourth-order valence-electron chi connectivity index (χ4n) is 3.05. The van der Waals surface area contributed by atoms with Gasteiger partial charge in [-0.05, 0) is 56.8 Å². The molecule has 2 rings (SSSR count). The lowest BCUT2D eigenvalue weighted by molar-refractivity contribution is -0.171. The van der Waals surface area contributed by atoms with Gasteiger partial charge in [0.1, 0.15) is 5.92 Å². The van der Waals surface area contributed by atoms with Gasteiger partial charge in [-0.15, -0.1) is 0 Å². The molecule has 1 aliphatic heterocycles. The summed E-state index contributed by atoms with van der Waals surface area (Å²) in [5, 5.41) is -0.0149. The second-order valence-electron chi connectivity index (χ2n) is 10.2. The van der Waals surface area contributed by atoms with Gasteiger partial charge >= 0.3 is 0 Å². The number of β-lactam (4-membered cyclic amide) rings is 1. The predicted molar refractivity (Wildman–Crippen MR) is 120 cm³/mol. The van der Waals surface area contributed by atoms with Gasteiger partial charge in [0, 0.05) is 0 Å². The molecule has 29 heavy (non-hydrogen) atoms. The fraction of sp³-hybridized carbons (Fsp3) is 0.650. The Labute approximate surface area is 177 Å². The van der Waals surface area contributed by atoms with Crippen LogP contribution < -0.4 is 0 Å². The summed E-state index contributed by atoms with van der Waals surface area (Å²) < 4.78 is 39.8. The van der Waals surface area contributed by atoms with Gasteiger partial charge in [-0.2, -0.15) is 0 Å². The number of carbonyl (C=O) groups is 1. The minimum Gasteiger partial charge on any atom is -0.413 e. The van der Waals surface area contributed by atoms with E-state index in [2.05, 4.69) is 33.9 Å². The van der Waals surface area contributed by atoms with E-state index in [1.165, 1.54) is 12.1 Å². The number of benzene rings is 1. The number of sulfonamides is 1. The molecule has 1 saturated heterocycles. The van der Waals surface area contributed by atoms with Crippen LogP contribution in [0.5, 0.6) is 0 Å². The lowest BCUT2D eigenvalue weighted by Gasteiger charge is -2.51. The first-order valence-corrected chi connectivity index (χ1v) is 17.7. The van der Waals surface area contributed by atoms with Gasteiger partial charge in [-0.1, -0.05) is 39.0 Å². The van der Waals surface area contributed by atoms with Crippen LogP contribution in [0.15, 0.2) is 35.2 Å². The molecular weight excluding hydrogens is 422 g/mol. The van der Waals surface area contributed by atoms with Gasteiger partial charge in [0.2, 0.25) is 5.91 Å². The summed E-state index contributed by atoms with van der Waals surface area (Å²) in [4.78, 5) is 13.2. The molecular formula is C20H35NO5SSi2. The van der Waals surface area contributed by atoms with E-state index in [0.717, 1.165) is 4.31 Å². The number of hydrogen-bond donors (Lipinski definition) is 0. The number of amides is 1. The zero-order chi connectivity index (χ0) is 22.4. The van der Waals surface area contributed by atoms with E-state index < -0.39 is 50.8 Å². The first-order valence-electron chi connectivity index (χ1n) is 9.98. The fourth-order valence-corrected chi connectivity index (χ4v) is 7.07. The molecule has 0 aliphatic carbocycles. The Morgan fingerprint density at radius 1 is 1.03 bits per heavy atom. The van der Waals surface area contributed by atoms with Crippen LogP contribution in [0.4, 0.5) is 0 Å². The van der Waals surface area contributed by atoms with Gasteiger partial charge in [0.25, 0.3) is 10.0 Å². The molecule has 9 heteroatoms. The van der Waals surface area contributed by atoms with Crippen molar-refractivity contribution in [2.45, 2.75) is 82.7 Å². The number of hydrogen-bond acceptors (Lipinski definition) is 5. The third-order valence-corrected chi connectivity index (χ3v) is 12.9. The summed E-state index contributed by atoms with van der Waals surface area (Å²) in [6.07, 6.45) is -1.26. The molecule has 0 N–H and O–H groups in total. The third kappa shape index (κ3) is 5.01. The van der Waals surface area contributed by atoms with E-state index in [4.69, 9.17) is 8.85 Å². The molecule has 0 bridgehead atoms. The lowest BCUT2D eigenvalue weighted by Crippen LogP contribution is -2.69. The molecule has 1 amide bonds. The molecule has 1 heterocycles. The van der Waals surface area contributed by atoms with Gasteiger partial charge in [0.05, 0.1) is 11.0 Å². The first-order chi connectivity index (χ1) is 13.0. The van der Waals surface area contributed by atoms with Crippen LogP contribution in [0.1, 0.15) is 27.7 Å². The van der Waals surface area contributed by atoms with E-state index in [1.807, 2.05) is 26.6 Å². The molecule has 0 unspecified atom stereocenters. The highest BCUT2D eigenvalue weighted by molar-refractivity contribution is 7.89. The molecule has 1 aromatic carbocycles. The molecule has 1 aromatic rings. The Hall–Kier alpha value is -1.01. The first kappa shape index (κ1) is 24.3. The smallest absolute Gasteiger partial charge is 0.268 e. The molecule has 3 atom stereocenters. The van der Waals surface area contributed by atoms with E-state index in [0.29, 0.717) is 0 Å². The van der Waals surface area contributed by atoms with Crippen molar-refractivity contribution in [1.29, 1.82) is 0 Å². The average Bonchev–Trinajstić information content (AvgIpc) is 2.52. The normalized spacial score (nSPS) is 22.4. The van der Waals surface area contributed by atoms with Gasteiger partial charge < -0.3 is 8.85 Å². The predicted octanol–water partition coefficient (Wildman–Crippen LogP) is 4.42. The van der Waals surface area contributed by atoms with Crippen LogP contribution in [0.2, 0.25) is 37.8 Å². The monoisotopic (exact) mass is 457 g/mol. The number of rotatable bonds is 7. The zero-order valence-corrected chi connectivity index (χ0v) is 21.8. The van der Waals surface area contributed by atoms with Crippen molar-refractivity contribution in [3.05, 3.63) is 30.3 Å². The minimum atomic E-state index is -3.97. The van der Waals surface area contributed by atoms with Gasteiger partial charge in [-0.25, -0.2) is 12.7 Å². The summed E-state index contributed by atoms with van der Waals surface area (Å²) in [6.45, 7) is 18.5. The molecule has 1 aliphatic rings. The summed E-state index contributed by atoms with van der Waals surface area (Å²) >= 11 is 0. The lowest BCUT2D eigenvalue weighted by atomic mass is 9.94. The maximum Gasteiger partial charge on any atom is 0.268 e. The van der Waals surface area contributed by atoms with Crippen LogP contribution in [0.25, 0.3) is 0 Å². The van der Waals surface area contributed by atoms with Crippen LogP contribution in [0.3, 0.4) is 0 Å². The van der Waals surface area contributed by atoms with Crippen LogP contribution in [-0.2, 0) is 23.7 Å². The van der Waals surface area contributed by atoms with Crippen molar-refractivity contribution in [1.82, 2.24) is 4.31 Å². The van der Waals surface area contributed by atoms with Gasteiger partial charge in [-0.3, -0.25) is 4.79 Å². The Kier molecular flexibility index (Phi) is 6.63. The van der Waals surface area contributed by atoms with Crippen molar-refractivity contribution in [3.8, 4) is 0 Å². The highest BCUT2D eigenvalue weighted by atomic mass is 32.2. The van der Waals surface area contributed by atoms with Crippen molar-refractivity contribution in [3.63, 3.8) is 0 Å². The third-order valence-electron chi connectivity index (χ3n) is 5.61. The summed E-state index contributed by atoms with van der Waals surface area (Å²) in [7, 11) is -8.23. The molecule has 1 fully saturated rings. The highest BCUT2D eigenvalue weighted by Crippen LogP contribution is 2.42. The molecule has 0 saturated carbocycles. The Morgan fingerprint density at radius 3 is 2.00 bits per heavy atom. The second-order valence-corrected chi connectivity index (χ2v) is 21.2. The zero-order valence-electron chi connectivity index (χ0n) is 19.0. The molecule has 0 radical (unpaired) electrons. The van der Waals surface area contributed by atoms with Gasteiger partial charge in [0.15, 0.2) is 22.9 Å². The molecule has 164 valence electrons. The Morgan fingerprint density at radius 2 is 1.55 bits per heavy atom. The van der Waals surface area contributed by atoms with E-state index in [9.17, 15) is 13.2 Å². The highest BCUT2D eigenvalue weighted by Gasteiger charge is 2.59. The summed E-state index contributed by atoms with van der Waals surface area (Å²) in [5.41, 5.74) is 0. The van der Waals surface area contributed by atoms with Crippen molar-refractivity contribution in [2.75, 3.05) is 0 Å².